The van der Waals surface area contributed by atoms with Gasteiger partial charge in [0.15, 0.2) is 9.84 Å². The minimum Gasteiger partial charge on any atom is -0.376 e. The van der Waals surface area contributed by atoms with E-state index in [0.717, 1.165) is 61.2 Å². The lowest BCUT2D eigenvalue weighted by molar-refractivity contribution is 0.103. The number of nitrogens with zero attached hydrogens (tertiary/aromatic N) is 3. The van der Waals surface area contributed by atoms with E-state index >= 15 is 0 Å². The maximum absolute atomic E-state index is 14.0. The molecule has 2 aliphatic rings. The maximum Gasteiger partial charge on any atom is 0.225 e. The average Bonchev–Trinajstić information content (AvgIpc) is 3.47. The third-order valence-electron chi connectivity index (χ3n) is 6.04. The lowest BCUT2D eigenvalue weighted by atomic mass is 9.91. The summed E-state index contributed by atoms with van der Waals surface area (Å²) in [6.07, 6.45) is 7.59. The number of hydrogen-bond acceptors (Lipinski definition) is 6. The quantitative estimate of drug-likeness (QED) is 0.555. The van der Waals surface area contributed by atoms with Crippen LogP contribution in [0.4, 0.5) is 14.7 Å². The van der Waals surface area contributed by atoms with E-state index in [4.69, 9.17) is 4.74 Å². The van der Waals surface area contributed by atoms with E-state index in [1.807, 2.05) is 0 Å². The second kappa shape index (κ2) is 9.07. The van der Waals surface area contributed by atoms with Gasteiger partial charge in [-0.05, 0) is 70.6 Å². The summed E-state index contributed by atoms with van der Waals surface area (Å²) < 4.78 is 57.5. The summed E-state index contributed by atoms with van der Waals surface area (Å²) in [4.78, 5) is 10.0. The molecule has 1 aromatic carbocycles. The van der Waals surface area contributed by atoms with Gasteiger partial charge in [0.2, 0.25) is 5.95 Å². The Morgan fingerprint density at radius 2 is 1.77 bits per heavy atom. The summed E-state index contributed by atoms with van der Waals surface area (Å²) in [6, 6.07) is 2.06. The molecule has 0 amide bonds. The number of rotatable bonds is 7. The fraction of sp³-hybridized carbons (Fsp3) is 0.524. The van der Waals surface area contributed by atoms with Crippen molar-refractivity contribution in [3.63, 3.8) is 0 Å². The molecule has 1 aliphatic carbocycles. The Bertz CT molecular complexity index is 1020. The van der Waals surface area contributed by atoms with Gasteiger partial charge in [0, 0.05) is 31.7 Å². The Balaban J connectivity index is 1.22. The van der Waals surface area contributed by atoms with Gasteiger partial charge in [-0.2, -0.15) is 0 Å². The van der Waals surface area contributed by atoms with Crippen LogP contribution in [0.1, 0.15) is 24.8 Å². The summed E-state index contributed by atoms with van der Waals surface area (Å²) in [5.41, 5.74) is 0.294. The van der Waals surface area contributed by atoms with Crippen LogP contribution in [0.2, 0.25) is 0 Å². The second-order valence-corrected chi connectivity index (χ2v) is 11.2. The molecule has 1 aliphatic heterocycles. The van der Waals surface area contributed by atoms with Gasteiger partial charge in [0.1, 0.15) is 16.5 Å². The molecule has 1 aromatic heterocycles. The summed E-state index contributed by atoms with van der Waals surface area (Å²) in [5.74, 6) is 0.335. The van der Waals surface area contributed by atoms with E-state index in [9.17, 15) is 17.2 Å². The lowest BCUT2D eigenvalue weighted by Crippen LogP contribution is -2.35. The number of halogens is 3. The summed E-state index contributed by atoms with van der Waals surface area (Å²) in [7, 11) is -3.95. The van der Waals surface area contributed by atoms with Crippen LogP contribution in [0.3, 0.4) is 0 Å². The third-order valence-corrected chi connectivity index (χ3v) is 7.58. The van der Waals surface area contributed by atoms with Gasteiger partial charge in [0.25, 0.3) is 0 Å². The van der Waals surface area contributed by atoms with E-state index < -0.39 is 26.4 Å². The first-order chi connectivity index (χ1) is 14.7. The molecule has 4 rings (SSSR count). The molecule has 168 valence electrons. The second-order valence-electron chi connectivity index (χ2n) is 8.36. The zero-order valence-electron chi connectivity index (χ0n) is 17.1. The van der Waals surface area contributed by atoms with Crippen molar-refractivity contribution in [3.05, 3.63) is 46.2 Å². The molecule has 31 heavy (non-hydrogen) atoms. The minimum absolute atomic E-state index is 0.0560. The largest absolute Gasteiger partial charge is 0.376 e. The van der Waals surface area contributed by atoms with Gasteiger partial charge in [-0.3, -0.25) is 0 Å². The number of ether oxygens (including phenoxy) is 1. The van der Waals surface area contributed by atoms with Crippen LogP contribution < -0.4 is 4.90 Å². The predicted molar refractivity (Wildman–Crippen MR) is 115 cm³/mol. The Morgan fingerprint density at radius 1 is 1.16 bits per heavy atom. The number of anilines is 1. The van der Waals surface area contributed by atoms with Crippen molar-refractivity contribution in [1.29, 1.82) is 0 Å². The molecule has 10 heteroatoms. The molecule has 2 aromatic rings. The van der Waals surface area contributed by atoms with E-state index in [1.165, 1.54) is 0 Å². The molecule has 0 N–H and O–H groups in total. The predicted octanol–water partition coefficient (Wildman–Crippen LogP) is 3.99. The molecule has 1 saturated heterocycles. The first-order valence-electron chi connectivity index (χ1n) is 10.2. The van der Waals surface area contributed by atoms with Crippen LogP contribution in [0.5, 0.6) is 0 Å². The van der Waals surface area contributed by atoms with Crippen molar-refractivity contribution in [2.24, 2.45) is 17.8 Å². The first-order valence-corrected chi connectivity index (χ1v) is 12.9. The zero-order chi connectivity index (χ0) is 22.2. The smallest absolute Gasteiger partial charge is 0.225 e. The first kappa shape index (κ1) is 22.5. The van der Waals surface area contributed by atoms with Crippen molar-refractivity contribution in [3.8, 4) is 0 Å². The van der Waals surface area contributed by atoms with Crippen molar-refractivity contribution in [2.45, 2.75) is 30.8 Å². The zero-order valence-corrected chi connectivity index (χ0v) is 19.5. The topological polar surface area (TPSA) is 72.4 Å². The monoisotopic (exact) mass is 515 g/mol. The third kappa shape index (κ3) is 5.40. The van der Waals surface area contributed by atoms with E-state index in [1.54, 1.807) is 12.4 Å². The molecular weight excluding hydrogens is 492 g/mol. The van der Waals surface area contributed by atoms with Crippen molar-refractivity contribution in [2.75, 3.05) is 30.9 Å². The van der Waals surface area contributed by atoms with E-state index in [2.05, 4.69) is 30.8 Å². The average molecular weight is 516 g/mol. The molecule has 2 fully saturated rings. The molecule has 2 heterocycles. The van der Waals surface area contributed by atoms with Gasteiger partial charge in [-0.1, -0.05) is 0 Å². The van der Waals surface area contributed by atoms with Crippen LogP contribution in [0.25, 0.3) is 0 Å². The molecule has 0 radical (unpaired) electrons. The number of piperidine rings is 1. The molecule has 0 spiro atoms. The highest BCUT2D eigenvalue weighted by atomic mass is 79.9. The highest BCUT2D eigenvalue weighted by molar-refractivity contribution is 9.10. The Morgan fingerprint density at radius 3 is 2.35 bits per heavy atom. The highest BCUT2D eigenvalue weighted by Crippen LogP contribution is 2.48. The van der Waals surface area contributed by atoms with E-state index in [-0.39, 0.29) is 6.61 Å². The van der Waals surface area contributed by atoms with Crippen LogP contribution >= 0.6 is 15.9 Å². The highest BCUT2D eigenvalue weighted by Gasteiger charge is 2.43. The Hall–Kier alpha value is -1.65. The Labute approximate surface area is 189 Å². The normalized spacial score (nSPS) is 22.0. The van der Waals surface area contributed by atoms with Gasteiger partial charge in [-0.15, -0.1) is 0 Å². The van der Waals surface area contributed by atoms with Crippen LogP contribution in [-0.4, -0.2) is 44.3 Å². The van der Waals surface area contributed by atoms with Crippen LogP contribution in [0, 0.1) is 29.4 Å². The SMILES string of the molecule is CS(=O)(=O)c1c(F)cc(COC[C@@H]2C[C@@H]2C2CCN(c3ncc(Br)cn3)CC2)cc1F. The van der Waals surface area contributed by atoms with Gasteiger partial charge in [-0.25, -0.2) is 27.2 Å². The Kier molecular flexibility index (Phi) is 6.60. The summed E-state index contributed by atoms with van der Waals surface area (Å²) >= 11 is 3.35. The number of benzene rings is 1. The molecule has 0 bridgehead atoms. The van der Waals surface area contributed by atoms with Gasteiger partial charge >= 0.3 is 0 Å². The molecular formula is C21H24BrF2N3O3S. The molecule has 1 saturated carbocycles. The number of hydrogen-bond donors (Lipinski definition) is 0. The van der Waals surface area contributed by atoms with Crippen molar-refractivity contribution >= 4 is 31.7 Å². The van der Waals surface area contributed by atoms with Gasteiger partial charge < -0.3 is 9.64 Å². The number of aromatic nitrogens is 2. The standard InChI is InChI=1S/C21H24BrF2N3O3S/c1-31(28,29)20-18(23)6-13(7-19(20)24)11-30-12-15-8-17(15)14-2-4-27(5-3-14)21-25-9-16(22)10-26-21/h6-7,9-10,14-15,17H,2-5,8,11-12H2,1H3/t15-,17+/m0/s1. The maximum atomic E-state index is 14.0. The summed E-state index contributed by atoms with van der Waals surface area (Å²) in [6.45, 7) is 2.46. The number of sulfone groups is 1. The molecule has 6 nitrogen and oxygen atoms in total. The van der Waals surface area contributed by atoms with Crippen LogP contribution in [0.15, 0.2) is 33.9 Å². The molecule has 2 atom stereocenters. The summed E-state index contributed by atoms with van der Waals surface area (Å²) in [5, 5.41) is 0. The molecule has 0 unspecified atom stereocenters. The fourth-order valence-corrected chi connectivity index (χ4v) is 5.45. The van der Waals surface area contributed by atoms with Crippen molar-refractivity contribution < 1.29 is 21.9 Å². The fourth-order valence-electron chi connectivity index (χ4n) is 4.41. The van der Waals surface area contributed by atoms with Crippen molar-refractivity contribution in [1.82, 2.24) is 9.97 Å². The van der Waals surface area contributed by atoms with Gasteiger partial charge in [0.05, 0.1) is 17.7 Å². The lowest BCUT2D eigenvalue weighted by Gasteiger charge is -2.32. The van der Waals surface area contributed by atoms with Crippen LogP contribution in [-0.2, 0) is 21.2 Å². The van der Waals surface area contributed by atoms with E-state index in [0.29, 0.717) is 29.9 Å². The minimum atomic E-state index is -3.95.